The van der Waals surface area contributed by atoms with E-state index in [1.54, 1.807) is 4.91 Å². The monoisotopic (exact) mass is 586 g/mol. The molecular formula is C38H52NS2+. The van der Waals surface area contributed by atoms with Gasteiger partial charge in [0.2, 0.25) is 0 Å². The fourth-order valence-electron chi connectivity index (χ4n) is 4.51. The Morgan fingerprint density at radius 2 is 1.17 bits per heavy atom. The molecule has 1 heterocycles. The summed E-state index contributed by atoms with van der Waals surface area (Å²) >= 11 is 4.24. The average molecular weight is 587 g/mol. The van der Waals surface area contributed by atoms with Crippen molar-refractivity contribution in [3.8, 4) is 0 Å². The Balaban J connectivity index is 0.000000230. The molecule has 3 aromatic rings. The van der Waals surface area contributed by atoms with Crippen molar-refractivity contribution in [2.45, 2.75) is 93.7 Å². The number of hydrogen-bond acceptors (Lipinski definition) is 2. The molecule has 41 heavy (non-hydrogen) atoms. The van der Waals surface area contributed by atoms with Crippen molar-refractivity contribution in [3.63, 3.8) is 0 Å². The second kappa shape index (κ2) is 22.0. The van der Waals surface area contributed by atoms with Crippen LogP contribution in [-0.4, -0.2) is 13.1 Å². The van der Waals surface area contributed by atoms with Crippen LogP contribution in [0.4, 0.5) is 5.69 Å². The number of hydrogen-bond donors (Lipinski definition) is 1. The Labute approximate surface area is 260 Å². The second-order valence-corrected chi connectivity index (χ2v) is 12.4. The molecule has 0 bridgehead atoms. The van der Waals surface area contributed by atoms with Crippen molar-refractivity contribution in [1.82, 2.24) is 0 Å². The molecule has 3 heteroatoms. The molecule has 0 fully saturated rings. The lowest BCUT2D eigenvalue weighted by molar-refractivity contribution is 0.624. The summed E-state index contributed by atoms with van der Waals surface area (Å²) in [6.07, 6.45) is 21.9. The Bertz CT molecular complexity index is 1080. The standard InChI is InChI=1S/C18H17S.C10H11NS.C8H18.C2H6/c1-4-10-16(11-5-1)19(17-12-6-2-7-13-17)18-14-8-3-9-15-18;12-10-5-3-9(4-6-10)11-7-1-2-8-11;1-3-5-7-8-6-4-2;1-2/h1-8,10-14H,9,15H2;1-6,12H,7-8H2;3-8H2,1-2H3;1-2H3/q+1;;;. The highest BCUT2D eigenvalue weighted by Gasteiger charge is 2.30. The molecule has 3 aromatic carbocycles. The number of rotatable bonds is 9. The first-order valence-electron chi connectivity index (χ1n) is 15.6. The molecular weight excluding hydrogens is 535 g/mol. The Morgan fingerprint density at radius 1 is 0.659 bits per heavy atom. The minimum absolute atomic E-state index is 0.0722. The number of thiol groups is 1. The van der Waals surface area contributed by atoms with Crippen LogP contribution in [0.5, 0.6) is 0 Å². The van der Waals surface area contributed by atoms with Crippen LogP contribution >= 0.6 is 12.6 Å². The quantitative estimate of drug-likeness (QED) is 0.113. The third-order valence-corrected chi connectivity index (χ3v) is 9.34. The molecule has 0 N–H and O–H groups in total. The predicted molar refractivity (Wildman–Crippen MR) is 189 cm³/mol. The van der Waals surface area contributed by atoms with E-state index in [4.69, 9.17) is 0 Å². The SMILES string of the molecule is C1=CCCC([S+](c2ccccc2)c2ccccc2)=C1.CC.CCCCCCCC.Sc1ccc(N2CC=CC2)cc1. The van der Waals surface area contributed by atoms with Gasteiger partial charge in [0.05, 0.1) is 10.9 Å². The molecule has 0 spiro atoms. The summed E-state index contributed by atoms with van der Waals surface area (Å²) in [7, 11) is 0.0722. The van der Waals surface area contributed by atoms with Gasteiger partial charge in [-0.2, -0.15) is 0 Å². The number of benzene rings is 3. The van der Waals surface area contributed by atoms with Gasteiger partial charge >= 0.3 is 0 Å². The smallest absolute Gasteiger partial charge is 0.166 e. The zero-order chi connectivity index (χ0) is 29.5. The van der Waals surface area contributed by atoms with Crippen LogP contribution in [0.1, 0.15) is 79.1 Å². The molecule has 5 rings (SSSR count). The van der Waals surface area contributed by atoms with Crippen LogP contribution in [0.3, 0.4) is 0 Å². The molecule has 0 saturated carbocycles. The Morgan fingerprint density at radius 3 is 1.61 bits per heavy atom. The molecule has 0 radical (unpaired) electrons. The van der Waals surface area contributed by atoms with E-state index in [-0.39, 0.29) is 10.9 Å². The fourth-order valence-corrected chi connectivity index (χ4v) is 6.93. The highest BCUT2D eigenvalue weighted by molar-refractivity contribution is 8.00. The number of allylic oxidation sites excluding steroid dienone is 4. The largest absolute Gasteiger partial charge is 0.364 e. The topological polar surface area (TPSA) is 3.24 Å². The molecule has 1 nitrogen and oxygen atoms in total. The van der Waals surface area contributed by atoms with Gasteiger partial charge in [0.15, 0.2) is 9.79 Å². The van der Waals surface area contributed by atoms with Gasteiger partial charge in [-0.15, -0.1) is 12.6 Å². The zero-order valence-electron chi connectivity index (χ0n) is 25.8. The maximum Gasteiger partial charge on any atom is 0.166 e. The fraction of sp³-hybridized carbons (Fsp3) is 0.368. The van der Waals surface area contributed by atoms with E-state index < -0.39 is 0 Å². The normalized spacial score (nSPS) is 13.3. The summed E-state index contributed by atoms with van der Waals surface area (Å²) in [4.78, 5) is 7.70. The summed E-state index contributed by atoms with van der Waals surface area (Å²) in [5.74, 6) is 0. The third kappa shape index (κ3) is 13.3. The first kappa shape index (κ1) is 34.6. The Kier molecular flexibility index (Phi) is 18.6. The molecule has 220 valence electrons. The predicted octanol–water partition coefficient (Wildman–Crippen LogP) is 11.7. The van der Waals surface area contributed by atoms with Gasteiger partial charge in [-0.25, -0.2) is 0 Å². The minimum Gasteiger partial charge on any atom is -0.364 e. The summed E-state index contributed by atoms with van der Waals surface area (Å²) in [6.45, 7) is 10.6. The van der Waals surface area contributed by atoms with E-state index >= 15 is 0 Å². The Hall–Kier alpha value is -2.62. The molecule has 0 amide bonds. The third-order valence-electron chi connectivity index (χ3n) is 6.69. The van der Waals surface area contributed by atoms with Gasteiger partial charge < -0.3 is 4.90 Å². The van der Waals surface area contributed by atoms with Crippen molar-refractivity contribution in [3.05, 3.63) is 120 Å². The molecule has 1 aliphatic carbocycles. The number of anilines is 1. The molecule has 2 aliphatic rings. The van der Waals surface area contributed by atoms with Gasteiger partial charge in [0, 0.05) is 30.1 Å². The molecule has 0 atom stereocenters. The first-order valence-corrected chi connectivity index (χ1v) is 17.3. The molecule has 0 saturated heterocycles. The summed E-state index contributed by atoms with van der Waals surface area (Å²) in [5.41, 5.74) is 1.28. The van der Waals surface area contributed by atoms with Gasteiger partial charge in [-0.05, 0) is 61.0 Å². The zero-order valence-corrected chi connectivity index (χ0v) is 27.6. The van der Waals surface area contributed by atoms with E-state index in [0.29, 0.717) is 0 Å². The van der Waals surface area contributed by atoms with Crippen LogP contribution in [0.25, 0.3) is 0 Å². The number of unbranched alkanes of at least 4 members (excludes halogenated alkanes) is 5. The van der Waals surface area contributed by atoms with Crippen molar-refractivity contribution in [1.29, 1.82) is 0 Å². The van der Waals surface area contributed by atoms with E-state index in [9.17, 15) is 0 Å². The second-order valence-electron chi connectivity index (χ2n) is 9.84. The van der Waals surface area contributed by atoms with Crippen LogP contribution in [-0.2, 0) is 10.9 Å². The van der Waals surface area contributed by atoms with E-state index in [1.165, 1.54) is 60.4 Å². The van der Waals surface area contributed by atoms with Gasteiger partial charge in [-0.1, -0.05) is 127 Å². The lowest BCUT2D eigenvalue weighted by Gasteiger charge is -2.17. The first-order chi connectivity index (χ1) is 20.2. The average Bonchev–Trinajstić information content (AvgIpc) is 3.59. The lowest BCUT2D eigenvalue weighted by Crippen LogP contribution is -2.17. The van der Waals surface area contributed by atoms with Crippen molar-refractivity contribution < 1.29 is 0 Å². The van der Waals surface area contributed by atoms with Gasteiger partial charge in [0.1, 0.15) is 4.91 Å². The van der Waals surface area contributed by atoms with Crippen LogP contribution < -0.4 is 4.90 Å². The highest BCUT2D eigenvalue weighted by atomic mass is 32.2. The van der Waals surface area contributed by atoms with E-state index in [2.05, 4.69) is 135 Å². The maximum atomic E-state index is 4.24. The summed E-state index contributed by atoms with van der Waals surface area (Å²) in [6, 6.07) is 30.0. The van der Waals surface area contributed by atoms with Crippen LogP contribution in [0, 0.1) is 0 Å². The maximum absolute atomic E-state index is 4.24. The molecule has 1 aliphatic heterocycles. The van der Waals surface area contributed by atoms with Crippen LogP contribution in [0.2, 0.25) is 0 Å². The lowest BCUT2D eigenvalue weighted by atomic mass is 10.1. The molecule has 0 aromatic heterocycles. The van der Waals surface area contributed by atoms with Crippen molar-refractivity contribution in [2.75, 3.05) is 18.0 Å². The summed E-state index contributed by atoms with van der Waals surface area (Å²) in [5, 5.41) is 0. The highest BCUT2D eigenvalue weighted by Crippen LogP contribution is 2.33. The van der Waals surface area contributed by atoms with E-state index in [1.807, 2.05) is 26.0 Å². The minimum atomic E-state index is 0.0722. The van der Waals surface area contributed by atoms with Crippen LogP contribution in [0.15, 0.2) is 135 Å². The molecule has 0 unspecified atom stereocenters. The number of nitrogens with zero attached hydrogens (tertiary/aromatic N) is 1. The van der Waals surface area contributed by atoms with Crippen molar-refractivity contribution in [2.24, 2.45) is 0 Å². The van der Waals surface area contributed by atoms with Crippen molar-refractivity contribution >= 4 is 29.2 Å². The summed E-state index contributed by atoms with van der Waals surface area (Å²) < 4.78 is 0. The van der Waals surface area contributed by atoms with Gasteiger partial charge in [-0.3, -0.25) is 0 Å². The van der Waals surface area contributed by atoms with Gasteiger partial charge in [0.25, 0.3) is 0 Å². The van der Waals surface area contributed by atoms with E-state index in [0.717, 1.165) is 24.4 Å².